The van der Waals surface area contributed by atoms with Gasteiger partial charge in [-0.3, -0.25) is 9.59 Å². The number of carbonyl (C=O) groups is 2. The molecule has 0 spiro atoms. The van der Waals surface area contributed by atoms with Gasteiger partial charge in [-0.2, -0.15) is 0 Å². The zero-order valence-corrected chi connectivity index (χ0v) is 44.0. The Kier molecular flexibility index (Phi) is 39.7. The molecule has 0 bridgehead atoms. The lowest BCUT2D eigenvalue weighted by molar-refractivity contribution is -0.376. The van der Waals surface area contributed by atoms with Gasteiger partial charge in [0.25, 0.3) is 0 Å². The van der Waals surface area contributed by atoms with Crippen molar-refractivity contribution in [3.63, 3.8) is 0 Å². The second-order valence-electron chi connectivity index (χ2n) is 20.8. The van der Waals surface area contributed by atoms with Gasteiger partial charge in [-0.05, 0) is 12.8 Å². The lowest BCUT2D eigenvalue weighted by Gasteiger charge is -2.44. The third kappa shape index (κ3) is 31.0. The number of rotatable bonds is 46. The first kappa shape index (κ1) is 63.7. The maximum absolute atomic E-state index is 12.5. The normalized spacial score (nSPS) is 25.0. The van der Waals surface area contributed by atoms with Crippen LogP contribution in [0.15, 0.2) is 0 Å². The van der Waals surface area contributed by atoms with Gasteiger partial charge >= 0.3 is 11.9 Å². The Morgan fingerprint density at radius 2 is 0.536 bits per heavy atom. The first-order chi connectivity index (χ1) is 33.6. The van der Waals surface area contributed by atoms with Crippen LogP contribution in [0.5, 0.6) is 0 Å². The van der Waals surface area contributed by atoms with Crippen molar-refractivity contribution in [2.24, 2.45) is 0 Å². The van der Waals surface area contributed by atoms with Crippen LogP contribution in [0.4, 0.5) is 0 Å². The quantitative estimate of drug-likeness (QED) is 0.0249. The molecule has 0 aromatic carbocycles. The van der Waals surface area contributed by atoms with Gasteiger partial charge in [0, 0.05) is 12.8 Å². The van der Waals surface area contributed by atoms with E-state index in [1.807, 2.05) is 0 Å². The number of aliphatic hydroxyl groups excluding tert-OH is 6. The molecule has 408 valence electrons. The highest BCUT2D eigenvalue weighted by atomic mass is 16.8. The predicted octanol–water partition coefficient (Wildman–Crippen LogP) is 11.3. The molecular weight excluding hydrogens is 881 g/mol. The summed E-state index contributed by atoms with van der Waals surface area (Å²) < 4.78 is 27.7. The Morgan fingerprint density at radius 1 is 0.319 bits per heavy atom. The van der Waals surface area contributed by atoms with Crippen LogP contribution in [0.2, 0.25) is 0 Å². The van der Waals surface area contributed by atoms with Crippen molar-refractivity contribution in [3.05, 3.63) is 0 Å². The summed E-state index contributed by atoms with van der Waals surface area (Å²) in [6.07, 6.45) is 32.0. The minimum atomic E-state index is -1.80. The number of unbranched alkanes of at least 4 members (excludes halogenated alkanes) is 36. The second kappa shape index (κ2) is 43.0. The third-order valence-corrected chi connectivity index (χ3v) is 14.4. The Hall–Kier alpha value is -1.42. The van der Waals surface area contributed by atoms with E-state index in [0.717, 1.165) is 38.5 Å². The molecule has 2 aliphatic rings. The maximum Gasteiger partial charge on any atom is 0.305 e. The van der Waals surface area contributed by atoms with Crippen molar-refractivity contribution in [1.82, 2.24) is 0 Å². The van der Waals surface area contributed by atoms with Crippen LogP contribution in [0.1, 0.15) is 271 Å². The van der Waals surface area contributed by atoms with Crippen LogP contribution in [-0.2, 0) is 33.3 Å². The zero-order valence-electron chi connectivity index (χ0n) is 44.0. The second-order valence-corrected chi connectivity index (χ2v) is 20.8. The molecule has 0 radical (unpaired) electrons. The highest BCUT2D eigenvalue weighted by Gasteiger charge is 2.50. The van der Waals surface area contributed by atoms with E-state index in [0.29, 0.717) is 12.8 Å². The van der Waals surface area contributed by atoms with Crippen LogP contribution in [0, 0.1) is 0 Å². The van der Waals surface area contributed by atoms with Crippen molar-refractivity contribution in [2.45, 2.75) is 332 Å². The molecular formula is C56H106O13. The molecule has 10 atom stereocenters. The van der Waals surface area contributed by atoms with Crippen LogP contribution >= 0.6 is 0 Å². The Balaban J connectivity index is 1.54. The van der Waals surface area contributed by atoms with Crippen molar-refractivity contribution in [2.75, 3.05) is 13.2 Å². The predicted molar refractivity (Wildman–Crippen MR) is 272 cm³/mol. The van der Waals surface area contributed by atoms with Gasteiger partial charge in [0.05, 0.1) is 0 Å². The smallest absolute Gasteiger partial charge is 0.305 e. The molecule has 0 aromatic heterocycles. The van der Waals surface area contributed by atoms with E-state index in [9.17, 15) is 40.2 Å². The van der Waals surface area contributed by atoms with Crippen molar-refractivity contribution >= 4 is 11.9 Å². The van der Waals surface area contributed by atoms with E-state index >= 15 is 0 Å². The van der Waals surface area contributed by atoms with E-state index in [2.05, 4.69) is 13.8 Å². The summed E-state index contributed by atoms with van der Waals surface area (Å²) >= 11 is 0. The van der Waals surface area contributed by atoms with Gasteiger partial charge in [0.15, 0.2) is 12.6 Å². The fourth-order valence-corrected chi connectivity index (χ4v) is 9.66. The summed E-state index contributed by atoms with van der Waals surface area (Å²) in [6.45, 7) is 3.69. The van der Waals surface area contributed by atoms with Gasteiger partial charge < -0.3 is 54.3 Å². The fourth-order valence-electron chi connectivity index (χ4n) is 9.66. The zero-order chi connectivity index (χ0) is 50.2. The number of esters is 2. The molecule has 13 nitrogen and oxygen atoms in total. The summed E-state index contributed by atoms with van der Waals surface area (Å²) in [6, 6.07) is 0. The van der Waals surface area contributed by atoms with Gasteiger partial charge in [0.1, 0.15) is 62.0 Å². The molecule has 2 fully saturated rings. The molecule has 2 heterocycles. The highest BCUT2D eigenvalue weighted by Crippen LogP contribution is 2.29. The highest BCUT2D eigenvalue weighted by molar-refractivity contribution is 5.69. The monoisotopic (exact) mass is 987 g/mol. The molecule has 0 aromatic rings. The summed E-state index contributed by atoms with van der Waals surface area (Å²) in [7, 11) is 0. The molecule has 2 rings (SSSR count). The van der Waals surface area contributed by atoms with E-state index in [1.165, 1.54) is 193 Å². The lowest BCUT2D eigenvalue weighted by Crippen LogP contribution is -2.64. The molecule has 10 unspecified atom stereocenters. The van der Waals surface area contributed by atoms with Gasteiger partial charge in [0.2, 0.25) is 0 Å². The average Bonchev–Trinajstić information content (AvgIpc) is 3.34. The minimum Gasteiger partial charge on any atom is -0.463 e. The summed E-state index contributed by atoms with van der Waals surface area (Å²) in [5.41, 5.74) is 0. The molecule has 6 N–H and O–H groups in total. The van der Waals surface area contributed by atoms with Crippen LogP contribution in [-0.4, -0.2) is 117 Å². The van der Waals surface area contributed by atoms with Gasteiger partial charge in [-0.15, -0.1) is 0 Å². The first-order valence-corrected chi connectivity index (χ1v) is 29.0. The van der Waals surface area contributed by atoms with Gasteiger partial charge in [-0.25, -0.2) is 0 Å². The van der Waals surface area contributed by atoms with E-state index < -0.39 is 86.6 Å². The van der Waals surface area contributed by atoms with Crippen molar-refractivity contribution < 1.29 is 63.9 Å². The third-order valence-electron chi connectivity index (χ3n) is 14.4. The SMILES string of the molecule is CCCCCCCCCCCCCCCCCCCCCC(=O)OCC1OC(OC2OC(COC(=O)CCCCCCCCCCCCCCCCCCCCC)C(O)C(O)C2O)C(O)C(O)C1O. The lowest BCUT2D eigenvalue weighted by atomic mass is 9.98. The van der Waals surface area contributed by atoms with Crippen LogP contribution in [0.3, 0.4) is 0 Å². The van der Waals surface area contributed by atoms with Crippen LogP contribution in [0.25, 0.3) is 0 Å². The standard InChI is InChI=1S/C56H106O13/c1-3-5-7-9-11-13-15-17-19-21-23-25-27-29-31-33-35-37-39-41-47(57)65-43-45-49(59)51(61)53(63)55(67-45)69-56-54(64)52(62)50(60)46(68-56)44-66-48(58)42-40-38-36-34-32-30-28-26-24-22-20-18-16-14-12-10-8-6-4-2/h45-46,49-56,59-64H,3-44H2,1-2H3. The molecule has 2 aliphatic heterocycles. The van der Waals surface area contributed by atoms with Crippen molar-refractivity contribution in [1.29, 1.82) is 0 Å². The summed E-state index contributed by atoms with van der Waals surface area (Å²) in [4.78, 5) is 25.1. The summed E-state index contributed by atoms with van der Waals surface area (Å²) in [5, 5.41) is 63.7. The molecule has 2 saturated heterocycles. The Labute approximate surface area is 419 Å². The number of carbonyl (C=O) groups excluding carboxylic acids is 2. The van der Waals surface area contributed by atoms with E-state index in [-0.39, 0.29) is 12.8 Å². The van der Waals surface area contributed by atoms with E-state index in [1.54, 1.807) is 0 Å². The summed E-state index contributed by atoms with van der Waals surface area (Å²) in [5.74, 6) is -0.960. The number of aliphatic hydroxyl groups is 6. The number of hydrogen-bond donors (Lipinski definition) is 6. The Bertz CT molecular complexity index is 1100. The number of ether oxygens (including phenoxy) is 5. The first-order valence-electron chi connectivity index (χ1n) is 29.0. The fraction of sp³-hybridized carbons (Fsp3) is 0.964. The largest absolute Gasteiger partial charge is 0.463 e. The maximum atomic E-state index is 12.5. The minimum absolute atomic E-state index is 0.195. The molecule has 0 saturated carbocycles. The van der Waals surface area contributed by atoms with Gasteiger partial charge in [-0.1, -0.05) is 245 Å². The molecule has 13 heteroatoms. The molecule has 69 heavy (non-hydrogen) atoms. The van der Waals surface area contributed by atoms with Crippen LogP contribution < -0.4 is 0 Å². The molecule has 0 amide bonds. The molecule has 0 aliphatic carbocycles. The average molecular weight is 987 g/mol. The van der Waals surface area contributed by atoms with Crippen molar-refractivity contribution in [3.8, 4) is 0 Å². The topological polar surface area (TPSA) is 202 Å². The number of hydrogen-bond acceptors (Lipinski definition) is 13. The van der Waals surface area contributed by atoms with E-state index in [4.69, 9.17) is 23.7 Å². The Morgan fingerprint density at radius 3 is 0.768 bits per heavy atom.